The fourth-order valence-electron chi connectivity index (χ4n) is 5.46. The van der Waals surface area contributed by atoms with Crippen molar-refractivity contribution in [3.05, 3.63) is 40.4 Å². The molecule has 0 aromatic heterocycles. The zero-order chi connectivity index (χ0) is 24.9. The van der Waals surface area contributed by atoms with Crippen molar-refractivity contribution >= 4 is 35.2 Å². The Labute approximate surface area is 203 Å². The maximum Gasteiger partial charge on any atom is 0.353 e. The SMILES string of the molecule is CC1C(S[C@H]2C[C@@H](C(=O)N(C)C)N(Cc3cccc(N)c3)C2)=C(C(=O)O)N2C(=O)[C@H]([C@@H](C)O)C12. The number of rotatable bonds is 7. The summed E-state index contributed by atoms with van der Waals surface area (Å²) in [5, 5.41) is 20.0. The maximum absolute atomic E-state index is 13.0. The number of likely N-dealkylation sites (N-methyl/N-ethyl adjacent to an activating group) is 1. The largest absolute Gasteiger partial charge is 0.477 e. The van der Waals surface area contributed by atoms with Gasteiger partial charge in [-0.05, 0) is 31.0 Å². The number of carboxylic acid groups (broad SMARTS) is 1. The van der Waals surface area contributed by atoms with Crippen LogP contribution in [0.15, 0.2) is 34.9 Å². The van der Waals surface area contributed by atoms with E-state index in [9.17, 15) is 24.6 Å². The lowest BCUT2D eigenvalue weighted by atomic mass is 9.79. The Morgan fingerprint density at radius 2 is 2.03 bits per heavy atom. The number of hydrogen-bond donors (Lipinski definition) is 3. The number of aliphatic carboxylic acids is 1. The number of hydrogen-bond acceptors (Lipinski definition) is 7. The number of amides is 2. The highest BCUT2D eigenvalue weighted by Gasteiger charge is 2.60. The third kappa shape index (κ3) is 4.18. The average Bonchev–Trinajstić information content (AvgIpc) is 3.24. The first-order valence-corrected chi connectivity index (χ1v) is 12.3. The van der Waals surface area contributed by atoms with Crippen LogP contribution in [0.4, 0.5) is 5.69 Å². The minimum atomic E-state index is -1.13. The molecule has 0 saturated carbocycles. The summed E-state index contributed by atoms with van der Waals surface area (Å²) in [6.45, 7) is 4.65. The van der Waals surface area contributed by atoms with E-state index >= 15 is 0 Å². The lowest BCUT2D eigenvalue weighted by Gasteiger charge is -2.46. The first-order valence-electron chi connectivity index (χ1n) is 11.5. The summed E-state index contributed by atoms with van der Waals surface area (Å²) in [5.41, 5.74) is 7.63. The number of carbonyl (C=O) groups is 3. The number of anilines is 1. The van der Waals surface area contributed by atoms with Crippen LogP contribution in [0.1, 0.15) is 25.8 Å². The van der Waals surface area contributed by atoms with Crippen LogP contribution >= 0.6 is 11.8 Å². The van der Waals surface area contributed by atoms with Crippen molar-refractivity contribution in [3.8, 4) is 0 Å². The van der Waals surface area contributed by atoms with E-state index in [0.29, 0.717) is 30.1 Å². The smallest absolute Gasteiger partial charge is 0.353 e. The Balaban J connectivity index is 1.58. The second-order valence-corrected chi connectivity index (χ2v) is 11.0. The zero-order valence-corrected chi connectivity index (χ0v) is 20.7. The van der Waals surface area contributed by atoms with Gasteiger partial charge in [-0.25, -0.2) is 4.79 Å². The van der Waals surface area contributed by atoms with E-state index in [1.165, 1.54) is 16.7 Å². The number of nitrogen functional groups attached to an aromatic ring is 1. The van der Waals surface area contributed by atoms with E-state index in [0.717, 1.165) is 5.56 Å². The number of β-lactam (4-membered cyclic amide) rings is 1. The molecule has 1 aromatic carbocycles. The maximum atomic E-state index is 13.0. The van der Waals surface area contributed by atoms with E-state index in [2.05, 4.69) is 4.90 Å². The Kier molecular flexibility index (Phi) is 6.67. The number of nitrogens with two attached hydrogens (primary N) is 1. The fourth-order valence-corrected chi connectivity index (χ4v) is 7.02. The van der Waals surface area contributed by atoms with Gasteiger partial charge in [0.25, 0.3) is 0 Å². The lowest BCUT2D eigenvalue weighted by Crippen LogP contribution is -2.63. The number of carbonyl (C=O) groups excluding carboxylic acids is 2. The number of thioether (sulfide) groups is 1. The molecule has 2 amide bonds. The second-order valence-electron chi connectivity index (χ2n) is 9.67. The van der Waals surface area contributed by atoms with E-state index in [-0.39, 0.29) is 40.8 Å². The van der Waals surface area contributed by atoms with Gasteiger partial charge in [0, 0.05) is 48.9 Å². The molecule has 34 heavy (non-hydrogen) atoms. The van der Waals surface area contributed by atoms with Gasteiger partial charge in [-0.3, -0.25) is 14.5 Å². The van der Waals surface area contributed by atoms with Crippen LogP contribution in [0.2, 0.25) is 0 Å². The Morgan fingerprint density at radius 1 is 1.32 bits per heavy atom. The van der Waals surface area contributed by atoms with Crippen LogP contribution in [-0.4, -0.2) is 86.8 Å². The van der Waals surface area contributed by atoms with Gasteiger partial charge in [0.1, 0.15) is 5.70 Å². The minimum absolute atomic E-state index is 0.00655. The van der Waals surface area contributed by atoms with E-state index in [1.54, 1.807) is 25.9 Å². The first-order chi connectivity index (χ1) is 16.0. The molecule has 2 fully saturated rings. The summed E-state index contributed by atoms with van der Waals surface area (Å²) in [4.78, 5) is 43.4. The summed E-state index contributed by atoms with van der Waals surface area (Å²) in [7, 11) is 3.47. The van der Waals surface area contributed by atoms with Crippen LogP contribution in [0.25, 0.3) is 0 Å². The van der Waals surface area contributed by atoms with Gasteiger partial charge in [0.05, 0.1) is 24.1 Å². The molecule has 3 heterocycles. The Hall–Kier alpha value is -2.56. The summed E-state index contributed by atoms with van der Waals surface area (Å²) in [6, 6.07) is 6.91. The van der Waals surface area contributed by atoms with Crippen molar-refractivity contribution in [2.45, 2.75) is 50.3 Å². The standard InChI is InChI=1S/C24H32N4O5S/c1-12-19-18(13(2)29)23(31)28(19)20(24(32)33)21(12)34-16-9-17(22(30)26(3)4)27(11-16)10-14-6-5-7-15(25)8-14/h5-8,12-13,16-19,29H,9-11,25H2,1-4H3,(H,32,33)/t12?,13-,16+,17+,18-,19?/m1/s1. The van der Waals surface area contributed by atoms with Gasteiger partial charge in [-0.2, -0.15) is 0 Å². The number of carboxylic acids is 1. The predicted molar refractivity (Wildman–Crippen MR) is 129 cm³/mol. The van der Waals surface area contributed by atoms with E-state index in [4.69, 9.17) is 5.73 Å². The molecule has 1 aromatic rings. The van der Waals surface area contributed by atoms with Crippen LogP contribution in [-0.2, 0) is 20.9 Å². The molecule has 6 atom stereocenters. The monoisotopic (exact) mass is 488 g/mol. The third-order valence-electron chi connectivity index (χ3n) is 7.03. The highest BCUT2D eigenvalue weighted by atomic mass is 32.2. The van der Waals surface area contributed by atoms with Gasteiger partial charge < -0.3 is 25.7 Å². The summed E-state index contributed by atoms with van der Waals surface area (Å²) < 4.78 is 0. The van der Waals surface area contributed by atoms with Crippen LogP contribution < -0.4 is 5.73 Å². The van der Waals surface area contributed by atoms with Gasteiger partial charge >= 0.3 is 5.97 Å². The molecule has 2 saturated heterocycles. The molecule has 4 N–H and O–H groups in total. The van der Waals surface area contributed by atoms with Gasteiger partial charge in [-0.15, -0.1) is 11.8 Å². The summed E-state index contributed by atoms with van der Waals surface area (Å²) in [5.74, 6) is -2.25. The predicted octanol–water partition coefficient (Wildman–Crippen LogP) is 1.19. The summed E-state index contributed by atoms with van der Waals surface area (Å²) in [6.07, 6.45) is -0.260. The average molecular weight is 489 g/mol. The first kappa shape index (κ1) is 24.6. The zero-order valence-electron chi connectivity index (χ0n) is 19.8. The molecule has 4 rings (SSSR count). The Morgan fingerprint density at radius 3 is 2.62 bits per heavy atom. The molecule has 0 spiro atoms. The summed E-state index contributed by atoms with van der Waals surface area (Å²) >= 11 is 1.46. The molecule has 0 radical (unpaired) electrons. The molecule has 0 aliphatic carbocycles. The normalized spacial score (nSPS) is 29.7. The number of aliphatic hydroxyl groups is 1. The number of benzene rings is 1. The van der Waals surface area contributed by atoms with Gasteiger partial charge in [0.2, 0.25) is 11.8 Å². The molecule has 0 bridgehead atoms. The van der Waals surface area contributed by atoms with Crippen molar-refractivity contribution in [2.24, 2.45) is 11.8 Å². The molecular formula is C24H32N4O5S. The number of fused-ring (bicyclic) bond motifs is 1. The quantitative estimate of drug-likeness (QED) is 0.386. The lowest BCUT2D eigenvalue weighted by molar-refractivity contribution is -0.163. The Bertz CT molecular complexity index is 1040. The van der Waals surface area contributed by atoms with Crippen LogP contribution in [0.3, 0.4) is 0 Å². The van der Waals surface area contributed by atoms with Crippen molar-refractivity contribution in [1.29, 1.82) is 0 Å². The number of nitrogens with zero attached hydrogens (tertiary/aromatic N) is 3. The molecule has 184 valence electrons. The van der Waals surface area contributed by atoms with Crippen molar-refractivity contribution in [2.75, 3.05) is 26.4 Å². The molecule has 3 aliphatic rings. The van der Waals surface area contributed by atoms with Gasteiger partial charge in [-0.1, -0.05) is 19.1 Å². The number of aliphatic hydroxyl groups excluding tert-OH is 1. The van der Waals surface area contributed by atoms with E-state index in [1.807, 2.05) is 31.2 Å². The minimum Gasteiger partial charge on any atom is -0.477 e. The van der Waals surface area contributed by atoms with Crippen molar-refractivity contribution in [1.82, 2.24) is 14.7 Å². The highest BCUT2D eigenvalue weighted by Crippen LogP contribution is 2.52. The molecule has 2 unspecified atom stereocenters. The molecule has 9 nitrogen and oxygen atoms in total. The molecule has 3 aliphatic heterocycles. The number of likely N-dealkylation sites (tertiary alicyclic amines) is 1. The van der Waals surface area contributed by atoms with Gasteiger partial charge in [0.15, 0.2) is 0 Å². The van der Waals surface area contributed by atoms with Crippen LogP contribution in [0.5, 0.6) is 0 Å². The molecule has 10 heteroatoms. The molecular weight excluding hydrogens is 456 g/mol. The topological polar surface area (TPSA) is 127 Å². The van der Waals surface area contributed by atoms with E-state index < -0.39 is 18.0 Å². The van der Waals surface area contributed by atoms with Crippen LogP contribution in [0, 0.1) is 11.8 Å². The van der Waals surface area contributed by atoms with Crippen molar-refractivity contribution in [3.63, 3.8) is 0 Å². The van der Waals surface area contributed by atoms with Crippen molar-refractivity contribution < 1.29 is 24.6 Å². The second kappa shape index (κ2) is 9.24. The third-order valence-corrected chi connectivity index (χ3v) is 8.53. The highest BCUT2D eigenvalue weighted by molar-refractivity contribution is 8.03. The fraction of sp³-hybridized carbons (Fsp3) is 0.542.